The van der Waals surface area contributed by atoms with Gasteiger partial charge < -0.3 is 24.8 Å². The lowest BCUT2D eigenvalue weighted by Crippen LogP contribution is -2.56. The van der Waals surface area contributed by atoms with Crippen LogP contribution in [0.5, 0.6) is 0 Å². The molecule has 2 amide bonds. The fourth-order valence-electron chi connectivity index (χ4n) is 6.10. The van der Waals surface area contributed by atoms with Crippen LogP contribution in [0.2, 0.25) is 5.02 Å². The van der Waals surface area contributed by atoms with E-state index in [2.05, 4.69) is 5.32 Å². The van der Waals surface area contributed by atoms with Gasteiger partial charge >= 0.3 is 5.97 Å². The molecule has 0 aliphatic carbocycles. The Bertz CT molecular complexity index is 935. The second kappa shape index (κ2) is 8.89. The van der Waals surface area contributed by atoms with Crippen molar-refractivity contribution in [2.45, 2.75) is 69.7 Å². The number of likely N-dealkylation sites (tertiary alicyclic amines) is 1. The van der Waals surface area contributed by atoms with Crippen molar-refractivity contribution >= 4 is 35.1 Å². The van der Waals surface area contributed by atoms with Crippen LogP contribution in [0.3, 0.4) is 0 Å². The maximum absolute atomic E-state index is 13.8. The topological polar surface area (TPSA) is 105 Å². The third-order valence-electron chi connectivity index (χ3n) is 7.59. The molecule has 0 saturated carbocycles. The second-order valence-electron chi connectivity index (χ2n) is 9.07. The minimum atomic E-state index is -1.15. The normalized spacial score (nSPS) is 33.2. The number of amides is 2. The van der Waals surface area contributed by atoms with Crippen LogP contribution in [0.1, 0.15) is 46.5 Å². The summed E-state index contributed by atoms with van der Waals surface area (Å²) in [4.78, 5) is 42.1. The Kier molecular flexibility index (Phi) is 6.46. The molecule has 6 atom stereocenters. The van der Waals surface area contributed by atoms with Crippen molar-refractivity contribution in [2.75, 3.05) is 18.5 Å². The Balaban J connectivity index is 1.78. The van der Waals surface area contributed by atoms with Gasteiger partial charge in [-0.15, -0.1) is 0 Å². The van der Waals surface area contributed by atoms with E-state index in [-0.39, 0.29) is 19.1 Å². The van der Waals surface area contributed by atoms with Gasteiger partial charge in [-0.1, -0.05) is 25.4 Å². The van der Waals surface area contributed by atoms with Crippen molar-refractivity contribution in [3.8, 4) is 0 Å². The first kappa shape index (κ1) is 24.0. The summed E-state index contributed by atoms with van der Waals surface area (Å²) in [6.45, 7) is 5.41. The maximum atomic E-state index is 13.8. The van der Waals surface area contributed by atoms with Gasteiger partial charge in [0, 0.05) is 10.7 Å². The summed E-state index contributed by atoms with van der Waals surface area (Å²) < 4.78 is 12.0. The number of anilines is 1. The minimum absolute atomic E-state index is 0.196. The Morgan fingerprint density at radius 2 is 1.97 bits per heavy atom. The first-order valence-corrected chi connectivity index (χ1v) is 12.0. The van der Waals surface area contributed by atoms with E-state index in [1.165, 1.54) is 4.90 Å². The number of hydrogen-bond donors (Lipinski definition) is 2. The van der Waals surface area contributed by atoms with E-state index >= 15 is 0 Å². The van der Waals surface area contributed by atoms with E-state index in [4.69, 9.17) is 21.1 Å². The molecule has 8 nitrogen and oxygen atoms in total. The van der Waals surface area contributed by atoms with Gasteiger partial charge in [0.1, 0.15) is 17.6 Å². The number of benzene rings is 1. The van der Waals surface area contributed by atoms with Crippen molar-refractivity contribution in [3.05, 3.63) is 29.3 Å². The van der Waals surface area contributed by atoms with Gasteiger partial charge in [0.15, 0.2) is 0 Å². The number of esters is 1. The highest BCUT2D eigenvalue weighted by molar-refractivity contribution is 6.30. The Hall–Kier alpha value is -2.16. The largest absolute Gasteiger partial charge is 0.466 e. The van der Waals surface area contributed by atoms with Crippen molar-refractivity contribution in [3.63, 3.8) is 0 Å². The number of aliphatic hydroxyl groups is 1. The summed E-state index contributed by atoms with van der Waals surface area (Å²) in [7, 11) is 0. The molecule has 0 radical (unpaired) electrons. The SMILES string of the molecule is CCOC(=O)[C@@H]1[C@H]2C(=O)N([C@@H](CC)CO)C(C(=O)Nc3ccc(Cl)cc3)C23CC[C@@]1(CC)O3. The zero-order valence-electron chi connectivity index (χ0n) is 19.2. The molecule has 1 aromatic rings. The summed E-state index contributed by atoms with van der Waals surface area (Å²) in [6, 6.07) is 5.15. The predicted molar refractivity (Wildman–Crippen MR) is 122 cm³/mol. The molecule has 3 heterocycles. The molecule has 180 valence electrons. The monoisotopic (exact) mass is 478 g/mol. The predicted octanol–water partition coefficient (Wildman–Crippen LogP) is 2.77. The standard InChI is InChI=1S/C24H31ClN2O6/c1-4-16(13-28)27-19(20(29)26-15-9-7-14(25)8-10-15)24-12-11-23(5-2,33-24)18(17(24)21(27)30)22(31)32-6-3/h7-10,16-19,28H,4-6,11-13H2,1-3H3,(H,26,29)/t16-,17-,18-,19?,23+,24?/m0/s1. The van der Waals surface area contributed by atoms with E-state index < -0.39 is 47.0 Å². The highest BCUT2D eigenvalue weighted by Crippen LogP contribution is 2.64. The Morgan fingerprint density at radius 1 is 1.27 bits per heavy atom. The van der Waals surface area contributed by atoms with Gasteiger partial charge in [-0.25, -0.2) is 0 Å². The number of fused-ring (bicyclic) bond motifs is 1. The van der Waals surface area contributed by atoms with E-state index in [0.29, 0.717) is 36.4 Å². The first-order valence-electron chi connectivity index (χ1n) is 11.6. The van der Waals surface area contributed by atoms with Gasteiger partial charge in [0.2, 0.25) is 11.8 Å². The van der Waals surface area contributed by atoms with Crippen LogP contribution >= 0.6 is 11.6 Å². The van der Waals surface area contributed by atoms with Crippen LogP contribution in [0, 0.1) is 11.8 Å². The van der Waals surface area contributed by atoms with Crippen LogP contribution in [0.15, 0.2) is 24.3 Å². The molecule has 0 aromatic heterocycles. The minimum Gasteiger partial charge on any atom is -0.466 e. The zero-order chi connectivity index (χ0) is 24.0. The Labute approximate surface area is 198 Å². The maximum Gasteiger partial charge on any atom is 0.312 e. The summed E-state index contributed by atoms with van der Waals surface area (Å²) in [5.74, 6) is -2.81. The summed E-state index contributed by atoms with van der Waals surface area (Å²) >= 11 is 5.97. The van der Waals surface area contributed by atoms with Gasteiger partial charge in [0.05, 0.1) is 30.8 Å². The van der Waals surface area contributed by atoms with Gasteiger partial charge in [-0.3, -0.25) is 14.4 Å². The third-order valence-corrected chi connectivity index (χ3v) is 7.85. The average molecular weight is 479 g/mol. The van der Waals surface area contributed by atoms with Crippen LogP contribution in [0.4, 0.5) is 5.69 Å². The number of nitrogens with zero attached hydrogens (tertiary/aromatic N) is 1. The van der Waals surface area contributed by atoms with Crippen LogP contribution in [-0.2, 0) is 23.9 Å². The van der Waals surface area contributed by atoms with Crippen LogP contribution in [0.25, 0.3) is 0 Å². The molecule has 1 aromatic carbocycles. The van der Waals surface area contributed by atoms with Crippen molar-refractivity contribution < 1.29 is 29.0 Å². The zero-order valence-corrected chi connectivity index (χ0v) is 19.9. The molecule has 2 N–H and O–H groups in total. The van der Waals surface area contributed by atoms with E-state index in [9.17, 15) is 19.5 Å². The smallest absolute Gasteiger partial charge is 0.312 e. The lowest BCUT2D eigenvalue weighted by Gasteiger charge is -2.37. The fraction of sp³-hybridized carbons (Fsp3) is 0.625. The van der Waals surface area contributed by atoms with Crippen molar-refractivity contribution in [2.24, 2.45) is 11.8 Å². The average Bonchev–Trinajstić information content (AvgIpc) is 3.40. The molecular formula is C24H31ClN2O6. The molecule has 3 saturated heterocycles. The number of carbonyl (C=O) groups is 3. The quantitative estimate of drug-likeness (QED) is 0.557. The molecule has 3 aliphatic rings. The number of rotatable bonds is 8. The van der Waals surface area contributed by atoms with Gasteiger partial charge in [-0.05, 0) is 56.9 Å². The molecule has 3 fully saturated rings. The molecule has 3 aliphatic heterocycles. The van der Waals surface area contributed by atoms with Gasteiger partial charge in [-0.2, -0.15) is 0 Å². The van der Waals surface area contributed by atoms with Crippen LogP contribution in [-0.4, -0.2) is 64.3 Å². The number of nitrogens with one attached hydrogen (secondary N) is 1. The number of aliphatic hydroxyl groups excluding tert-OH is 1. The van der Waals surface area contributed by atoms with E-state index in [1.54, 1.807) is 31.2 Å². The van der Waals surface area contributed by atoms with Crippen molar-refractivity contribution in [1.29, 1.82) is 0 Å². The number of halogens is 1. The second-order valence-corrected chi connectivity index (χ2v) is 9.51. The lowest BCUT2D eigenvalue weighted by molar-refractivity contribution is -0.161. The lowest BCUT2D eigenvalue weighted by atomic mass is 9.65. The number of ether oxygens (including phenoxy) is 2. The molecule has 4 rings (SSSR count). The molecular weight excluding hydrogens is 448 g/mol. The highest BCUT2D eigenvalue weighted by atomic mass is 35.5. The van der Waals surface area contributed by atoms with Crippen LogP contribution < -0.4 is 5.32 Å². The van der Waals surface area contributed by atoms with Crippen molar-refractivity contribution in [1.82, 2.24) is 4.90 Å². The van der Waals surface area contributed by atoms with E-state index in [0.717, 1.165) is 0 Å². The van der Waals surface area contributed by atoms with Gasteiger partial charge in [0.25, 0.3) is 0 Å². The number of carbonyl (C=O) groups excluding carboxylic acids is 3. The fourth-order valence-corrected chi connectivity index (χ4v) is 6.22. The molecule has 9 heteroatoms. The summed E-state index contributed by atoms with van der Waals surface area (Å²) in [5, 5.41) is 13.5. The van der Waals surface area contributed by atoms with E-state index in [1.807, 2.05) is 13.8 Å². The molecule has 2 bridgehead atoms. The molecule has 33 heavy (non-hydrogen) atoms. The highest BCUT2D eigenvalue weighted by Gasteiger charge is 2.79. The summed E-state index contributed by atoms with van der Waals surface area (Å²) in [5.41, 5.74) is -1.45. The molecule has 1 spiro atoms. The number of hydrogen-bond acceptors (Lipinski definition) is 6. The molecule has 2 unspecified atom stereocenters. The third kappa shape index (κ3) is 3.54. The summed E-state index contributed by atoms with van der Waals surface area (Å²) in [6.07, 6.45) is 2.03. The Morgan fingerprint density at radius 3 is 2.55 bits per heavy atom. The first-order chi connectivity index (χ1) is 15.8.